The first-order valence-electron chi connectivity index (χ1n) is 7.63. The van der Waals surface area contributed by atoms with E-state index in [1.54, 1.807) is 0 Å². The second-order valence-corrected chi connectivity index (χ2v) is 5.68. The molecule has 0 aliphatic carbocycles. The second kappa shape index (κ2) is 8.93. The van der Waals surface area contributed by atoms with E-state index in [0.717, 1.165) is 13.0 Å². The van der Waals surface area contributed by atoms with Gasteiger partial charge in [0.1, 0.15) is 0 Å². The van der Waals surface area contributed by atoms with Crippen LogP contribution in [0.25, 0.3) is 0 Å². The molecule has 1 heterocycles. The summed E-state index contributed by atoms with van der Waals surface area (Å²) in [5.74, 6) is 0.662. The van der Waals surface area contributed by atoms with Gasteiger partial charge in [-0.25, -0.2) is 0 Å². The fraction of sp³-hybridized carbons (Fsp3) is 1.00. The van der Waals surface area contributed by atoms with E-state index in [0.29, 0.717) is 12.0 Å². The number of hydrogen-bond acceptors (Lipinski definition) is 2. The maximum absolute atomic E-state index is 6.21. The molecular formula is C15H31NO. The maximum Gasteiger partial charge on any atom is 0.0752 e. The Kier molecular flexibility index (Phi) is 7.87. The Labute approximate surface area is 107 Å². The normalized spacial score (nSPS) is 26.3. The van der Waals surface area contributed by atoms with Crippen molar-refractivity contribution in [2.24, 2.45) is 11.7 Å². The van der Waals surface area contributed by atoms with Crippen molar-refractivity contribution in [1.82, 2.24) is 0 Å². The molecule has 1 saturated heterocycles. The first-order chi connectivity index (χ1) is 8.25. The molecule has 0 aromatic heterocycles. The predicted molar refractivity (Wildman–Crippen MR) is 74.1 cm³/mol. The fourth-order valence-electron chi connectivity index (χ4n) is 2.77. The van der Waals surface area contributed by atoms with Crippen LogP contribution >= 0.6 is 0 Å². The third kappa shape index (κ3) is 5.87. The zero-order valence-electron chi connectivity index (χ0n) is 11.8. The Morgan fingerprint density at radius 3 is 2.35 bits per heavy atom. The van der Waals surface area contributed by atoms with Crippen molar-refractivity contribution in [3.8, 4) is 0 Å². The van der Waals surface area contributed by atoms with Crippen LogP contribution in [0.1, 0.15) is 71.6 Å². The average molecular weight is 241 g/mol. The maximum atomic E-state index is 6.21. The number of hydrogen-bond donors (Lipinski definition) is 1. The molecule has 2 heteroatoms. The van der Waals surface area contributed by atoms with Crippen molar-refractivity contribution in [3.05, 3.63) is 0 Å². The molecule has 2 nitrogen and oxygen atoms in total. The van der Waals surface area contributed by atoms with Gasteiger partial charge in [0.05, 0.1) is 6.10 Å². The predicted octanol–water partition coefficient (Wildman–Crippen LogP) is 3.88. The first-order valence-corrected chi connectivity index (χ1v) is 7.63. The van der Waals surface area contributed by atoms with Gasteiger partial charge in [-0.15, -0.1) is 0 Å². The van der Waals surface area contributed by atoms with Gasteiger partial charge in [0.2, 0.25) is 0 Å². The van der Waals surface area contributed by atoms with E-state index >= 15 is 0 Å². The van der Waals surface area contributed by atoms with Crippen molar-refractivity contribution in [1.29, 1.82) is 0 Å². The lowest BCUT2D eigenvalue weighted by molar-refractivity contribution is 0.0694. The largest absolute Gasteiger partial charge is 0.376 e. The van der Waals surface area contributed by atoms with Crippen molar-refractivity contribution < 1.29 is 4.74 Å². The van der Waals surface area contributed by atoms with Crippen LogP contribution in [0.2, 0.25) is 0 Å². The van der Waals surface area contributed by atoms with E-state index in [9.17, 15) is 0 Å². The molecule has 3 unspecified atom stereocenters. The topological polar surface area (TPSA) is 35.2 Å². The zero-order valence-corrected chi connectivity index (χ0v) is 11.8. The van der Waals surface area contributed by atoms with Crippen LogP contribution in [0.5, 0.6) is 0 Å². The summed E-state index contributed by atoms with van der Waals surface area (Å²) in [5, 5.41) is 0. The third-order valence-corrected chi connectivity index (χ3v) is 4.01. The zero-order chi connectivity index (χ0) is 12.5. The summed E-state index contributed by atoms with van der Waals surface area (Å²) < 4.78 is 5.71. The highest BCUT2D eigenvalue weighted by atomic mass is 16.5. The van der Waals surface area contributed by atoms with E-state index in [4.69, 9.17) is 10.5 Å². The first kappa shape index (κ1) is 15.0. The molecule has 1 aliphatic rings. The van der Waals surface area contributed by atoms with Gasteiger partial charge in [0.25, 0.3) is 0 Å². The lowest BCUT2D eigenvalue weighted by Crippen LogP contribution is -2.37. The molecule has 17 heavy (non-hydrogen) atoms. The van der Waals surface area contributed by atoms with Crippen LogP contribution in [0.3, 0.4) is 0 Å². The van der Waals surface area contributed by atoms with E-state index in [-0.39, 0.29) is 6.04 Å². The minimum Gasteiger partial charge on any atom is -0.376 e. The highest BCUT2D eigenvalue weighted by Crippen LogP contribution is 2.24. The lowest BCUT2D eigenvalue weighted by atomic mass is 9.94. The van der Waals surface area contributed by atoms with Crippen LogP contribution < -0.4 is 5.73 Å². The molecule has 0 aromatic rings. The Hall–Kier alpha value is -0.0800. The van der Waals surface area contributed by atoms with Crippen molar-refractivity contribution >= 4 is 0 Å². The highest BCUT2D eigenvalue weighted by Gasteiger charge is 2.29. The number of unbranched alkanes of at least 4 members (excludes halogenated alkanes) is 6. The molecule has 102 valence electrons. The monoisotopic (exact) mass is 241 g/mol. The van der Waals surface area contributed by atoms with Gasteiger partial charge in [0.15, 0.2) is 0 Å². The van der Waals surface area contributed by atoms with Gasteiger partial charge < -0.3 is 10.5 Å². The molecule has 0 bridgehead atoms. The van der Waals surface area contributed by atoms with Crippen molar-refractivity contribution in [2.45, 2.75) is 83.8 Å². The number of rotatable bonds is 9. The van der Waals surface area contributed by atoms with Crippen LogP contribution in [0.4, 0.5) is 0 Å². The van der Waals surface area contributed by atoms with Gasteiger partial charge in [0, 0.05) is 12.6 Å². The molecule has 1 fully saturated rings. The second-order valence-electron chi connectivity index (χ2n) is 5.68. The molecule has 1 aliphatic heterocycles. The summed E-state index contributed by atoms with van der Waals surface area (Å²) in [5.41, 5.74) is 6.21. The summed E-state index contributed by atoms with van der Waals surface area (Å²) in [4.78, 5) is 0. The minimum absolute atomic E-state index is 0.267. The standard InChI is InChI=1S/C15H31NO/c1-3-4-5-6-7-8-9-10-14(16)15-13(2)11-12-17-15/h13-15H,3-12,16H2,1-2H3. The summed E-state index contributed by atoms with van der Waals surface area (Å²) >= 11 is 0. The van der Waals surface area contributed by atoms with E-state index in [1.165, 1.54) is 51.4 Å². The molecule has 2 N–H and O–H groups in total. The third-order valence-electron chi connectivity index (χ3n) is 4.01. The SMILES string of the molecule is CCCCCCCCCC(N)C1OCCC1C. The van der Waals surface area contributed by atoms with Gasteiger partial charge in [-0.3, -0.25) is 0 Å². The number of ether oxygens (including phenoxy) is 1. The summed E-state index contributed by atoms with van der Waals surface area (Å²) in [6.07, 6.45) is 12.2. The molecule has 0 aromatic carbocycles. The van der Waals surface area contributed by atoms with Gasteiger partial charge in [-0.05, 0) is 18.8 Å². The lowest BCUT2D eigenvalue weighted by Gasteiger charge is -2.22. The molecule has 0 spiro atoms. The van der Waals surface area contributed by atoms with Gasteiger partial charge in [-0.2, -0.15) is 0 Å². The Bertz CT molecular complexity index is 184. The molecule has 3 atom stereocenters. The Morgan fingerprint density at radius 2 is 1.76 bits per heavy atom. The molecular weight excluding hydrogens is 210 g/mol. The molecule has 0 radical (unpaired) electrons. The van der Waals surface area contributed by atoms with Gasteiger partial charge in [-0.1, -0.05) is 58.8 Å². The van der Waals surface area contributed by atoms with Crippen LogP contribution in [0.15, 0.2) is 0 Å². The smallest absolute Gasteiger partial charge is 0.0752 e. The number of nitrogens with two attached hydrogens (primary N) is 1. The minimum atomic E-state index is 0.267. The van der Waals surface area contributed by atoms with E-state index < -0.39 is 0 Å². The van der Waals surface area contributed by atoms with Crippen molar-refractivity contribution in [2.75, 3.05) is 6.61 Å². The molecule has 0 amide bonds. The Morgan fingerprint density at radius 1 is 1.12 bits per heavy atom. The molecule has 1 rings (SSSR count). The Balaban J connectivity index is 1.95. The van der Waals surface area contributed by atoms with Crippen LogP contribution in [0, 0.1) is 5.92 Å². The summed E-state index contributed by atoms with van der Waals surface area (Å²) in [6.45, 7) is 5.45. The van der Waals surface area contributed by atoms with E-state index in [1.807, 2.05) is 0 Å². The average Bonchev–Trinajstić information content (AvgIpc) is 2.74. The summed E-state index contributed by atoms with van der Waals surface area (Å²) in [6, 6.07) is 0.267. The van der Waals surface area contributed by atoms with Gasteiger partial charge >= 0.3 is 0 Å². The highest BCUT2D eigenvalue weighted by molar-refractivity contribution is 4.82. The van der Waals surface area contributed by atoms with Crippen molar-refractivity contribution in [3.63, 3.8) is 0 Å². The van der Waals surface area contributed by atoms with E-state index in [2.05, 4.69) is 13.8 Å². The van der Waals surface area contributed by atoms with Crippen LogP contribution in [-0.4, -0.2) is 18.8 Å². The fourth-order valence-corrected chi connectivity index (χ4v) is 2.77. The summed E-state index contributed by atoms with van der Waals surface area (Å²) in [7, 11) is 0. The molecule has 0 saturated carbocycles. The quantitative estimate of drug-likeness (QED) is 0.622. The van der Waals surface area contributed by atoms with Crippen LogP contribution in [-0.2, 0) is 4.74 Å².